The summed E-state index contributed by atoms with van der Waals surface area (Å²) in [5, 5.41) is 0. The minimum Gasteiger partial charge on any atom is -0.300 e. The Morgan fingerprint density at radius 1 is 0.952 bits per heavy atom. The fourth-order valence-corrected chi connectivity index (χ4v) is 2.33. The van der Waals surface area contributed by atoms with E-state index in [0.29, 0.717) is 13.0 Å². The van der Waals surface area contributed by atoms with Crippen LogP contribution in [0, 0.1) is 0 Å². The quantitative estimate of drug-likeness (QED) is 0.644. The van der Waals surface area contributed by atoms with Crippen molar-refractivity contribution in [3.05, 3.63) is 67.2 Å². The molecule has 0 fully saturated rings. The first-order chi connectivity index (χ1) is 10.1. The van der Waals surface area contributed by atoms with Gasteiger partial charge < -0.3 is 0 Å². The monoisotopic (exact) mass is 286 g/mol. The zero-order valence-electron chi connectivity index (χ0n) is 11.2. The number of aromatic amines is 3. The molecule has 1 aromatic carbocycles. The van der Waals surface area contributed by atoms with E-state index < -0.39 is 16.9 Å². The molecule has 0 radical (unpaired) electrons. The lowest BCUT2D eigenvalue weighted by Gasteiger charge is -2.04. The van der Waals surface area contributed by atoms with Gasteiger partial charge in [-0.25, -0.2) is 9.59 Å². The molecule has 7 nitrogen and oxygen atoms in total. The van der Waals surface area contributed by atoms with Crippen molar-refractivity contribution in [3.8, 4) is 0 Å². The molecule has 0 aliphatic carbocycles. The summed E-state index contributed by atoms with van der Waals surface area (Å²) in [7, 11) is 0. The van der Waals surface area contributed by atoms with Crippen LogP contribution in [0.3, 0.4) is 0 Å². The minimum atomic E-state index is -0.518. The standard InChI is InChI=1S/C14H14N4O3/c19-12-10-11(16-13(20)15-10)17-14(21)18(12)8-4-7-9-5-2-1-3-6-9/h1-3,5-6H,4,7-8H2,(H,17,21)(H2,15,16,20). The van der Waals surface area contributed by atoms with Crippen molar-refractivity contribution in [1.29, 1.82) is 0 Å². The van der Waals surface area contributed by atoms with E-state index in [4.69, 9.17) is 0 Å². The van der Waals surface area contributed by atoms with E-state index in [0.717, 1.165) is 16.6 Å². The molecule has 0 amide bonds. The van der Waals surface area contributed by atoms with Crippen LogP contribution in [0.5, 0.6) is 0 Å². The highest BCUT2D eigenvalue weighted by Gasteiger charge is 2.09. The molecule has 2 aromatic heterocycles. The predicted octanol–water partition coefficient (Wildman–Crippen LogP) is 0.339. The van der Waals surface area contributed by atoms with E-state index in [1.165, 1.54) is 0 Å². The van der Waals surface area contributed by atoms with Crippen molar-refractivity contribution in [1.82, 2.24) is 19.5 Å². The van der Waals surface area contributed by atoms with Crippen LogP contribution in [0.15, 0.2) is 44.7 Å². The van der Waals surface area contributed by atoms with Crippen molar-refractivity contribution < 1.29 is 0 Å². The summed E-state index contributed by atoms with van der Waals surface area (Å²) in [5.41, 5.74) is -0.137. The van der Waals surface area contributed by atoms with Gasteiger partial charge in [-0.05, 0) is 18.4 Å². The molecular formula is C14H14N4O3. The number of aromatic nitrogens is 4. The van der Waals surface area contributed by atoms with Gasteiger partial charge in [-0.1, -0.05) is 30.3 Å². The van der Waals surface area contributed by atoms with E-state index in [1.54, 1.807) is 0 Å². The van der Waals surface area contributed by atoms with E-state index >= 15 is 0 Å². The van der Waals surface area contributed by atoms with Crippen molar-refractivity contribution in [2.24, 2.45) is 0 Å². The molecule has 3 rings (SSSR count). The Morgan fingerprint density at radius 2 is 1.71 bits per heavy atom. The summed E-state index contributed by atoms with van der Waals surface area (Å²) in [6.45, 7) is 0.298. The lowest BCUT2D eigenvalue weighted by Crippen LogP contribution is -2.35. The number of hydrogen-bond acceptors (Lipinski definition) is 3. The highest BCUT2D eigenvalue weighted by molar-refractivity contribution is 5.67. The van der Waals surface area contributed by atoms with Crippen molar-refractivity contribution in [2.45, 2.75) is 19.4 Å². The van der Waals surface area contributed by atoms with Gasteiger partial charge in [-0.2, -0.15) is 0 Å². The molecule has 21 heavy (non-hydrogen) atoms. The Bertz CT molecular complexity index is 930. The molecule has 0 bridgehead atoms. The van der Waals surface area contributed by atoms with Gasteiger partial charge in [0.2, 0.25) is 0 Å². The summed E-state index contributed by atoms with van der Waals surface area (Å²) in [4.78, 5) is 42.5. The Kier molecular flexibility index (Phi) is 3.31. The van der Waals surface area contributed by atoms with Crippen LogP contribution < -0.4 is 16.9 Å². The molecular weight excluding hydrogens is 272 g/mol. The smallest absolute Gasteiger partial charge is 0.300 e. The highest BCUT2D eigenvalue weighted by atomic mass is 16.2. The Labute approximate surface area is 118 Å². The van der Waals surface area contributed by atoms with E-state index in [-0.39, 0.29) is 11.2 Å². The Balaban J connectivity index is 1.85. The van der Waals surface area contributed by atoms with Crippen LogP contribution in [0.4, 0.5) is 0 Å². The Hall–Kier alpha value is -2.83. The fourth-order valence-electron chi connectivity index (χ4n) is 2.33. The van der Waals surface area contributed by atoms with Gasteiger partial charge >= 0.3 is 11.4 Å². The molecule has 3 aromatic rings. The predicted molar refractivity (Wildman–Crippen MR) is 78.6 cm³/mol. The third-order valence-electron chi connectivity index (χ3n) is 3.35. The van der Waals surface area contributed by atoms with Crippen molar-refractivity contribution in [2.75, 3.05) is 0 Å². The molecule has 7 heteroatoms. The summed E-state index contributed by atoms with van der Waals surface area (Å²) in [5.74, 6) is 0. The molecule has 0 atom stereocenters. The molecule has 0 unspecified atom stereocenters. The lowest BCUT2D eigenvalue weighted by molar-refractivity contribution is 0.596. The van der Waals surface area contributed by atoms with Crippen LogP contribution in [0.25, 0.3) is 11.2 Å². The van der Waals surface area contributed by atoms with Gasteiger partial charge in [0.05, 0.1) is 0 Å². The largest absolute Gasteiger partial charge is 0.330 e. The SMILES string of the molecule is O=c1[nH]c2[nH]c(=O)n(CCCc3ccccc3)c(=O)c2[nH]1. The normalized spacial score (nSPS) is 11.0. The molecule has 0 saturated carbocycles. The van der Waals surface area contributed by atoms with Gasteiger partial charge in [0.1, 0.15) is 5.65 Å². The lowest BCUT2D eigenvalue weighted by atomic mass is 10.1. The second kappa shape index (κ2) is 5.28. The molecule has 0 spiro atoms. The van der Waals surface area contributed by atoms with E-state index in [9.17, 15) is 14.4 Å². The number of benzene rings is 1. The molecule has 2 heterocycles. The van der Waals surface area contributed by atoms with E-state index in [2.05, 4.69) is 15.0 Å². The second-order valence-electron chi connectivity index (χ2n) is 4.81. The first-order valence-electron chi connectivity index (χ1n) is 6.64. The van der Waals surface area contributed by atoms with Gasteiger partial charge in [-0.15, -0.1) is 0 Å². The number of fused-ring (bicyclic) bond motifs is 1. The number of aryl methyl sites for hydroxylation is 1. The third-order valence-corrected chi connectivity index (χ3v) is 3.35. The number of hydrogen-bond donors (Lipinski definition) is 3. The first-order valence-corrected chi connectivity index (χ1v) is 6.64. The average molecular weight is 286 g/mol. The zero-order valence-corrected chi connectivity index (χ0v) is 11.2. The molecule has 108 valence electrons. The molecule has 3 N–H and O–H groups in total. The highest BCUT2D eigenvalue weighted by Crippen LogP contribution is 2.03. The van der Waals surface area contributed by atoms with E-state index in [1.807, 2.05) is 30.3 Å². The summed E-state index contributed by atoms with van der Waals surface area (Å²) < 4.78 is 1.11. The maximum atomic E-state index is 12.2. The van der Waals surface area contributed by atoms with Gasteiger partial charge in [0, 0.05) is 6.54 Å². The maximum Gasteiger partial charge on any atom is 0.330 e. The third kappa shape index (κ3) is 2.58. The second-order valence-corrected chi connectivity index (χ2v) is 4.81. The van der Waals surface area contributed by atoms with Crippen LogP contribution >= 0.6 is 0 Å². The number of imidazole rings is 1. The number of H-pyrrole nitrogens is 3. The van der Waals surface area contributed by atoms with Gasteiger partial charge in [0.25, 0.3) is 5.56 Å². The van der Waals surface area contributed by atoms with Gasteiger partial charge in [0.15, 0.2) is 5.52 Å². The van der Waals surface area contributed by atoms with Crippen molar-refractivity contribution in [3.63, 3.8) is 0 Å². The van der Waals surface area contributed by atoms with Gasteiger partial charge in [-0.3, -0.25) is 24.3 Å². The summed E-state index contributed by atoms with van der Waals surface area (Å²) >= 11 is 0. The number of nitrogens with one attached hydrogen (secondary N) is 3. The fraction of sp³-hybridized carbons (Fsp3) is 0.214. The molecule has 0 aliphatic heterocycles. The Morgan fingerprint density at radius 3 is 2.48 bits per heavy atom. The summed E-state index contributed by atoms with van der Waals surface area (Å²) in [6, 6.07) is 9.84. The molecule has 0 aliphatic rings. The average Bonchev–Trinajstić information content (AvgIpc) is 2.84. The first kappa shape index (κ1) is 13.2. The minimum absolute atomic E-state index is 0.0966. The maximum absolute atomic E-state index is 12.2. The van der Waals surface area contributed by atoms with Crippen molar-refractivity contribution >= 4 is 11.2 Å². The number of rotatable bonds is 4. The van der Waals surface area contributed by atoms with Crippen LogP contribution in [-0.4, -0.2) is 19.5 Å². The van der Waals surface area contributed by atoms with Crippen LogP contribution in [-0.2, 0) is 13.0 Å². The van der Waals surface area contributed by atoms with Crippen LogP contribution in [0.1, 0.15) is 12.0 Å². The molecule has 0 saturated heterocycles. The summed E-state index contributed by atoms with van der Waals surface area (Å²) in [6.07, 6.45) is 1.43. The van der Waals surface area contributed by atoms with Crippen LogP contribution in [0.2, 0.25) is 0 Å². The topological polar surface area (TPSA) is 104 Å². The number of nitrogens with zero attached hydrogens (tertiary/aromatic N) is 1. The zero-order chi connectivity index (χ0) is 14.8.